The monoisotopic (exact) mass is 1160 g/mol. The first-order chi connectivity index (χ1) is 35.7. The lowest BCUT2D eigenvalue weighted by Crippen LogP contribution is -2.47. The molecule has 16 atom stereocenters. The lowest BCUT2D eigenvalue weighted by Gasteiger charge is -2.35. The number of fused-ring (bicyclic) bond motifs is 3. The molecule has 6 aromatic rings. The summed E-state index contributed by atoms with van der Waals surface area (Å²) in [6.45, 7) is -3.63. The van der Waals surface area contributed by atoms with Gasteiger partial charge in [0.2, 0.25) is 17.7 Å². The van der Waals surface area contributed by atoms with Crippen molar-refractivity contribution in [1.29, 1.82) is 0 Å². The Balaban J connectivity index is 0.865. The zero-order valence-electron chi connectivity index (χ0n) is 38.8. The van der Waals surface area contributed by atoms with Crippen molar-refractivity contribution < 1.29 is 108 Å². The number of aryl methyl sites for hydroxylation is 1. The van der Waals surface area contributed by atoms with Crippen molar-refractivity contribution in [3.63, 3.8) is 0 Å². The number of hydrogen-bond donors (Lipinski definition) is 8. The number of rotatable bonds is 20. The Kier molecular flexibility index (Phi) is 15.3. The quantitative estimate of drug-likeness (QED) is 0.0260. The maximum atomic E-state index is 13.6. The van der Waals surface area contributed by atoms with Gasteiger partial charge in [0.25, 0.3) is 48.4 Å². The van der Waals surface area contributed by atoms with Gasteiger partial charge in [-0.15, -0.1) is 0 Å². The number of H-pyrrole nitrogens is 2. The Labute approximate surface area is 421 Å². The first kappa shape index (κ1) is 55.6. The van der Waals surface area contributed by atoms with Crippen LogP contribution in [-0.4, -0.2) is 158 Å². The van der Waals surface area contributed by atoms with Gasteiger partial charge in [-0.2, -0.15) is 4.98 Å². The predicted molar refractivity (Wildman–Crippen MR) is 235 cm³/mol. The number of ether oxygens (including phenoxy) is 5. The average molecular weight is 1160 g/mol. The van der Waals surface area contributed by atoms with E-state index in [1.54, 1.807) is 0 Å². The van der Waals surface area contributed by atoms with E-state index in [0.29, 0.717) is 0 Å². The van der Waals surface area contributed by atoms with Crippen LogP contribution in [0.2, 0.25) is 0 Å². The van der Waals surface area contributed by atoms with Crippen molar-refractivity contribution in [1.82, 2.24) is 53.6 Å². The van der Waals surface area contributed by atoms with Crippen LogP contribution < -0.4 is 52.5 Å². The number of imidazole rings is 3. The molecule has 39 nitrogen and oxygen atoms in total. The van der Waals surface area contributed by atoms with Crippen LogP contribution in [0.1, 0.15) is 18.7 Å². The molecule has 0 spiro atoms. The number of methoxy groups -OCH3 is 2. The van der Waals surface area contributed by atoms with Crippen LogP contribution in [0.25, 0.3) is 33.5 Å². The molecule has 3 aliphatic heterocycles. The van der Waals surface area contributed by atoms with E-state index >= 15 is 0 Å². The number of aliphatic hydroxyl groups excluding tert-OH is 3. The number of hydrogen-bond acceptors (Lipinski definition) is 33. The van der Waals surface area contributed by atoms with Gasteiger partial charge >= 0.3 is 5.65 Å². The number of aromatic nitrogens is 12. The van der Waals surface area contributed by atoms with Gasteiger partial charge in [0.1, 0.15) is 66.8 Å². The maximum Gasteiger partial charge on any atom is 0.313 e. The van der Waals surface area contributed by atoms with E-state index in [1.807, 2.05) is 0 Å². The fourth-order valence-corrected chi connectivity index (χ4v) is 12.8. The molecule has 416 valence electrons. The Hall–Kier alpha value is -5.15. The molecule has 0 amide bonds. The van der Waals surface area contributed by atoms with E-state index in [1.165, 1.54) is 22.5 Å². The van der Waals surface area contributed by atoms with E-state index in [4.69, 9.17) is 54.5 Å². The molecule has 9 heterocycles. The highest BCUT2D eigenvalue weighted by Gasteiger charge is 2.52. The summed E-state index contributed by atoms with van der Waals surface area (Å²) >= 11 is 0. The molecule has 11 N–H and O–H groups in total. The zero-order chi connectivity index (χ0) is 55.0. The van der Waals surface area contributed by atoms with Crippen LogP contribution in [0.4, 0.5) is 17.7 Å². The third kappa shape index (κ3) is 11.0. The standard InChI is InChI=1S/C33H45N15O24P4/c1-45-10-48(26-16(45)28(53)44-33(36)42-26)30-21(62-2)18(50)12(68-30)5-65-74(56,57)71-76(60,61)72-75(58,59)66-6-13-20(22(63-3)31(69-13)46-8-39-14-23(34)37-7-38-24(14)46)70-73(54,55)64-4-11-17(49)19(51)29(67-11)47-9-40-15-25(47)41-32(35)43-27(15)52/h7-13,17-22,29-31,49-51H,4-6H2,1-3H3,(H11-,34,35,36,37,38,41,42,43,44,52,53,54,55,56,57,58,59,60,61)/p-3/t11-,12-,13-,17?,18+,19+,20?,21?,22+,29-,30-,31-/m1/s1. The van der Waals surface area contributed by atoms with Crippen LogP contribution in [0, 0.1) is 0 Å². The van der Waals surface area contributed by atoms with E-state index < -0.39 is 136 Å². The molecule has 43 heteroatoms. The summed E-state index contributed by atoms with van der Waals surface area (Å²) in [7, 11) is -21.1. The normalized spacial score (nSPS) is 30.2. The van der Waals surface area contributed by atoms with Gasteiger partial charge in [-0.05, 0) is 0 Å². The number of nitrogens with one attached hydrogen (secondary N) is 2. The fourth-order valence-electron chi connectivity index (χ4n) is 8.50. The highest BCUT2D eigenvalue weighted by molar-refractivity contribution is 7.65. The lowest BCUT2D eigenvalue weighted by atomic mass is 10.1. The minimum absolute atomic E-state index is 0.0140. The first-order valence-electron chi connectivity index (χ1n) is 21.5. The van der Waals surface area contributed by atoms with Crippen LogP contribution >= 0.6 is 31.3 Å². The van der Waals surface area contributed by atoms with Gasteiger partial charge in [0.15, 0.2) is 41.4 Å². The molecule has 3 saturated heterocycles. The third-order valence-corrected chi connectivity index (χ3v) is 16.9. The van der Waals surface area contributed by atoms with Crippen molar-refractivity contribution in [2.75, 3.05) is 51.2 Å². The molecule has 7 unspecified atom stereocenters. The molecule has 0 bridgehead atoms. The number of nitrogens with zero attached hydrogens (tertiary/aromatic N) is 10. The molecule has 76 heavy (non-hydrogen) atoms. The highest BCUT2D eigenvalue weighted by atomic mass is 31.3. The Morgan fingerprint density at radius 3 is 1.89 bits per heavy atom. The number of phosphoric acid groups is 4. The number of aromatic amines is 2. The average Bonchev–Trinajstić information content (AvgIpc) is 4.18. The van der Waals surface area contributed by atoms with Crippen molar-refractivity contribution in [3.8, 4) is 0 Å². The maximum absolute atomic E-state index is 13.6. The zero-order valence-corrected chi connectivity index (χ0v) is 42.3. The Morgan fingerprint density at radius 2 is 1.24 bits per heavy atom. The smallest absolute Gasteiger partial charge is 0.313 e. The molecule has 0 aromatic carbocycles. The van der Waals surface area contributed by atoms with Crippen molar-refractivity contribution >= 4 is 82.5 Å². The highest BCUT2D eigenvalue weighted by Crippen LogP contribution is 2.63. The minimum atomic E-state index is -6.57. The van der Waals surface area contributed by atoms with Crippen molar-refractivity contribution in [2.45, 2.75) is 73.6 Å². The molecular weight excluding hydrogens is 1110 g/mol. The Morgan fingerprint density at radius 1 is 0.671 bits per heavy atom. The largest absolute Gasteiger partial charge is 0.756 e. The second-order valence-corrected chi connectivity index (χ2v) is 22.5. The molecular formula is C33H42N15O24P4-3. The summed E-state index contributed by atoms with van der Waals surface area (Å²) in [4.78, 5) is 106. The second kappa shape index (κ2) is 20.9. The van der Waals surface area contributed by atoms with Crippen LogP contribution in [0.3, 0.4) is 0 Å². The molecule has 0 aliphatic carbocycles. The van der Waals surface area contributed by atoms with Gasteiger partial charge in [0.05, 0.1) is 39.5 Å². The third-order valence-electron chi connectivity index (χ3n) is 11.8. The van der Waals surface area contributed by atoms with E-state index in [0.717, 1.165) is 42.3 Å². The lowest BCUT2D eigenvalue weighted by molar-refractivity contribution is -0.746. The first-order valence-corrected chi connectivity index (χ1v) is 27.3. The molecule has 6 aromatic heterocycles. The number of aliphatic hydroxyl groups is 3. The summed E-state index contributed by atoms with van der Waals surface area (Å²) in [5.41, 5.74) is 15.4. The number of nitrogen functional groups attached to an aromatic ring is 3. The number of phosphoric ester groups is 3. The number of nitrogens with two attached hydrogens (primary N) is 3. The SMILES string of the molecule is COC1[C@@H](O)[C@@H](COP(=O)([O-])OP(=O)([O-])OP(=O)([O-])OC[C@H]2O[C@@H](n3cnc4c(N)ncnc43)[C@@H](OC)C2OP(=O)([O-])OC[C@H]2O[C@@H](n3cnc4c(=O)[nH]c(N)nc43)[C@@H](O)C2O)O[C@H]1[n+]1cn(C)c2c(=O)[nH]c(N)nc21. The van der Waals surface area contributed by atoms with Crippen LogP contribution in [-0.2, 0) is 75.7 Å². The van der Waals surface area contributed by atoms with Crippen molar-refractivity contribution in [3.05, 3.63) is 46.0 Å². The second-order valence-electron chi connectivity index (χ2n) is 16.6. The van der Waals surface area contributed by atoms with Gasteiger partial charge in [-0.1, -0.05) is 4.98 Å². The molecule has 0 saturated carbocycles. The van der Waals surface area contributed by atoms with E-state index in [-0.39, 0.29) is 51.2 Å². The summed E-state index contributed by atoms with van der Waals surface area (Å²) in [6.07, 6.45) is -15.4. The van der Waals surface area contributed by atoms with Gasteiger partial charge in [-0.3, -0.25) is 51.5 Å². The fraction of sp³-hybridized carbons (Fsp3) is 0.545. The molecule has 3 aliphatic rings. The molecule has 0 radical (unpaired) electrons. The summed E-state index contributed by atoms with van der Waals surface area (Å²) in [5, 5.41) is 32.6. The van der Waals surface area contributed by atoms with Gasteiger partial charge in [0, 0.05) is 14.2 Å². The van der Waals surface area contributed by atoms with E-state index in [9.17, 15) is 62.7 Å². The Bertz CT molecular complexity index is 3490. The van der Waals surface area contributed by atoms with E-state index in [2.05, 4.69) is 53.0 Å². The van der Waals surface area contributed by atoms with Crippen LogP contribution in [0.15, 0.2) is 34.9 Å². The summed E-state index contributed by atoms with van der Waals surface area (Å²) in [6, 6.07) is 0. The van der Waals surface area contributed by atoms with Crippen LogP contribution in [0.5, 0.6) is 0 Å². The predicted octanol–water partition coefficient (Wildman–Crippen LogP) is -6.58. The molecule has 9 rings (SSSR count). The van der Waals surface area contributed by atoms with Gasteiger partial charge in [-0.25, -0.2) is 33.1 Å². The topological polar surface area (TPSA) is 563 Å². The summed E-state index contributed by atoms with van der Waals surface area (Å²) in [5.74, 6) is -0.728. The van der Waals surface area contributed by atoms with Gasteiger partial charge < -0.3 is 93.9 Å². The number of anilines is 3. The van der Waals surface area contributed by atoms with Crippen molar-refractivity contribution in [2.24, 2.45) is 7.05 Å². The summed E-state index contributed by atoms with van der Waals surface area (Å²) < 4.78 is 113. The minimum Gasteiger partial charge on any atom is -0.756 e. The molecule has 3 fully saturated rings.